The molecule has 0 unspecified atom stereocenters. The van der Waals surface area contributed by atoms with Gasteiger partial charge in [0.05, 0.1) is 0 Å². The first-order valence-electron chi connectivity index (χ1n) is 5.20. The van der Waals surface area contributed by atoms with Crippen molar-refractivity contribution in [1.82, 2.24) is 9.55 Å². The van der Waals surface area contributed by atoms with Crippen LogP contribution < -0.4 is 11.2 Å². The molecule has 0 fully saturated rings. The number of nitrogens with one attached hydrogen (secondary N) is 1. The molecule has 88 valence electrons. The molecular weight excluding hydrogens is 240 g/mol. The molecule has 0 radical (unpaired) electrons. The third-order valence-corrected chi connectivity index (χ3v) is 2.66. The third-order valence-electron chi connectivity index (χ3n) is 2.45. The lowest BCUT2D eigenvalue weighted by molar-refractivity contribution is 0.627. The molecule has 0 aliphatic rings. The van der Waals surface area contributed by atoms with Crippen LogP contribution in [0, 0.1) is 0 Å². The molecule has 1 heterocycles. The molecular formula is C12H11ClN2O2. The van der Waals surface area contributed by atoms with Crippen molar-refractivity contribution in [3.63, 3.8) is 0 Å². The number of aromatic nitrogens is 2. The van der Waals surface area contributed by atoms with Gasteiger partial charge >= 0.3 is 5.69 Å². The van der Waals surface area contributed by atoms with Crippen molar-refractivity contribution in [3.05, 3.63) is 68.0 Å². The largest absolute Gasteiger partial charge is 0.329 e. The zero-order valence-electron chi connectivity index (χ0n) is 9.02. The second-order valence-corrected chi connectivity index (χ2v) is 4.06. The zero-order chi connectivity index (χ0) is 12.3. The SMILES string of the molecule is O=c1cc(Cl)[nH]c(=O)n1CCc1ccccc1. The monoisotopic (exact) mass is 250 g/mol. The molecule has 1 N–H and O–H groups in total. The van der Waals surface area contributed by atoms with Crippen LogP contribution in [0.5, 0.6) is 0 Å². The van der Waals surface area contributed by atoms with E-state index >= 15 is 0 Å². The fourth-order valence-electron chi connectivity index (χ4n) is 1.59. The molecule has 0 saturated carbocycles. The highest BCUT2D eigenvalue weighted by molar-refractivity contribution is 6.29. The van der Waals surface area contributed by atoms with Gasteiger partial charge in [-0.2, -0.15) is 0 Å². The van der Waals surface area contributed by atoms with E-state index in [4.69, 9.17) is 11.6 Å². The first kappa shape index (κ1) is 11.7. The molecule has 0 aliphatic heterocycles. The van der Waals surface area contributed by atoms with Gasteiger partial charge in [0.25, 0.3) is 5.56 Å². The topological polar surface area (TPSA) is 54.9 Å². The average Bonchev–Trinajstić information content (AvgIpc) is 2.29. The van der Waals surface area contributed by atoms with Crippen LogP contribution in [0.25, 0.3) is 0 Å². The van der Waals surface area contributed by atoms with Crippen molar-refractivity contribution < 1.29 is 0 Å². The zero-order valence-corrected chi connectivity index (χ0v) is 9.78. The standard InChI is InChI=1S/C12H11ClN2O2/c13-10-8-11(16)15(12(17)14-10)7-6-9-4-2-1-3-5-9/h1-5,8H,6-7H2,(H,14,17). The normalized spacial score (nSPS) is 10.4. The van der Waals surface area contributed by atoms with Crippen LogP contribution >= 0.6 is 11.6 Å². The summed E-state index contributed by atoms with van der Waals surface area (Å²) in [5, 5.41) is 0.0657. The van der Waals surface area contributed by atoms with Crippen LogP contribution in [0.15, 0.2) is 46.0 Å². The Bertz CT molecular complexity index is 585. The highest BCUT2D eigenvalue weighted by Crippen LogP contribution is 2.00. The van der Waals surface area contributed by atoms with Crippen molar-refractivity contribution in [3.8, 4) is 0 Å². The van der Waals surface area contributed by atoms with Gasteiger partial charge in [-0.3, -0.25) is 14.3 Å². The van der Waals surface area contributed by atoms with Crippen LogP contribution in [0.1, 0.15) is 5.56 Å². The van der Waals surface area contributed by atoms with Crippen LogP contribution in [0.4, 0.5) is 0 Å². The van der Waals surface area contributed by atoms with Crippen molar-refractivity contribution in [2.45, 2.75) is 13.0 Å². The predicted molar refractivity (Wildman–Crippen MR) is 66.5 cm³/mol. The van der Waals surface area contributed by atoms with Crippen LogP contribution in [-0.2, 0) is 13.0 Å². The summed E-state index contributed by atoms with van der Waals surface area (Å²) in [7, 11) is 0. The van der Waals surface area contributed by atoms with E-state index < -0.39 is 5.69 Å². The van der Waals surface area contributed by atoms with Crippen LogP contribution in [-0.4, -0.2) is 9.55 Å². The van der Waals surface area contributed by atoms with E-state index in [9.17, 15) is 9.59 Å². The number of hydrogen-bond donors (Lipinski definition) is 1. The second kappa shape index (κ2) is 5.01. The summed E-state index contributed by atoms with van der Waals surface area (Å²) in [4.78, 5) is 25.4. The lowest BCUT2D eigenvalue weighted by Gasteiger charge is -2.04. The molecule has 0 saturated heterocycles. The van der Waals surface area contributed by atoms with Gasteiger partial charge in [0, 0.05) is 12.6 Å². The number of H-pyrrole nitrogens is 1. The highest BCUT2D eigenvalue weighted by atomic mass is 35.5. The van der Waals surface area contributed by atoms with E-state index in [0.29, 0.717) is 13.0 Å². The van der Waals surface area contributed by atoms with Crippen LogP contribution in [0.3, 0.4) is 0 Å². The molecule has 2 aromatic rings. The van der Waals surface area contributed by atoms with Gasteiger partial charge in [0.1, 0.15) is 5.15 Å². The van der Waals surface area contributed by atoms with Crippen molar-refractivity contribution in [2.75, 3.05) is 0 Å². The van der Waals surface area contributed by atoms with Gasteiger partial charge in [-0.1, -0.05) is 41.9 Å². The molecule has 0 atom stereocenters. The number of halogens is 1. The van der Waals surface area contributed by atoms with Crippen molar-refractivity contribution >= 4 is 11.6 Å². The minimum Gasteiger partial charge on any atom is -0.298 e. The van der Waals surface area contributed by atoms with E-state index in [2.05, 4.69) is 4.98 Å². The molecule has 0 aliphatic carbocycles. The lowest BCUT2D eigenvalue weighted by Crippen LogP contribution is -2.35. The summed E-state index contributed by atoms with van der Waals surface area (Å²) in [6, 6.07) is 10.9. The smallest absolute Gasteiger partial charge is 0.298 e. The van der Waals surface area contributed by atoms with E-state index in [0.717, 1.165) is 10.1 Å². The number of aryl methyl sites for hydroxylation is 1. The van der Waals surface area contributed by atoms with E-state index in [1.54, 1.807) is 0 Å². The Balaban J connectivity index is 2.21. The number of aromatic amines is 1. The van der Waals surface area contributed by atoms with E-state index in [1.807, 2.05) is 30.3 Å². The molecule has 4 nitrogen and oxygen atoms in total. The molecule has 0 spiro atoms. The Morgan fingerprint density at radius 2 is 1.88 bits per heavy atom. The van der Waals surface area contributed by atoms with Gasteiger partial charge in [0.15, 0.2) is 0 Å². The lowest BCUT2D eigenvalue weighted by atomic mass is 10.1. The number of benzene rings is 1. The Morgan fingerprint density at radius 3 is 2.53 bits per heavy atom. The average molecular weight is 251 g/mol. The Morgan fingerprint density at radius 1 is 1.18 bits per heavy atom. The fraction of sp³-hybridized carbons (Fsp3) is 0.167. The highest BCUT2D eigenvalue weighted by Gasteiger charge is 2.03. The summed E-state index contributed by atoms with van der Waals surface area (Å²) in [5.74, 6) is 0. The molecule has 2 rings (SSSR count). The Kier molecular flexibility index (Phi) is 3.44. The van der Waals surface area contributed by atoms with E-state index in [-0.39, 0.29) is 10.7 Å². The molecule has 17 heavy (non-hydrogen) atoms. The summed E-state index contributed by atoms with van der Waals surface area (Å²) < 4.78 is 1.14. The first-order chi connectivity index (χ1) is 8.16. The molecule has 0 bridgehead atoms. The molecule has 1 aromatic heterocycles. The number of rotatable bonds is 3. The maximum absolute atomic E-state index is 11.5. The Labute approximate surface area is 102 Å². The van der Waals surface area contributed by atoms with Gasteiger partial charge < -0.3 is 0 Å². The quantitative estimate of drug-likeness (QED) is 0.838. The predicted octanol–water partition coefficient (Wildman–Crippen LogP) is 1.43. The summed E-state index contributed by atoms with van der Waals surface area (Å²) in [6.45, 7) is 0.343. The summed E-state index contributed by atoms with van der Waals surface area (Å²) >= 11 is 5.57. The second-order valence-electron chi connectivity index (χ2n) is 3.65. The molecule has 1 aromatic carbocycles. The summed E-state index contributed by atoms with van der Waals surface area (Å²) in [6.07, 6.45) is 0.630. The molecule has 0 amide bonds. The number of hydrogen-bond acceptors (Lipinski definition) is 2. The van der Waals surface area contributed by atoms with Crippen LogP contribution in [0.2, 0.25) is 5.15 Å². The molecule has 5 heteroatoms. The minimum absolute atomic E-state index is 0.0657. The Hall–Kier alpha value is -1.81. The van der Waals surface area contributed by atoms with Crippen molar-refractivity contribution in [1.29, 1.82) is 0 Å². The van der Waals surface area contributed by atoms with Gasteiger partial charge in [-0.15, -0.1) is 0 Å². The first-order valence-corrected chi connectivity index (χ1v) is 5.58. The van der Waals surface area contributed by atoms with Crippen molar-refractivity contribution in [2.24, 2.45) is 0 Å². The van der Waals surface area contributed by atoms with Gasteiger partial charge in [-0.05, 0) is 12.0 Å². The number of nitrogens with zero attached hydrogens (tertiary/aromatic N) is 1. The van der Waals surface area contributed by atoms with Gasteiger partial charge in [0.2, 0.25) is 0 Å². The fourth-order valence-corrected chi connectivity index (χ4v) is 1.76. The van der Waals surface area contributed by atoms with E-state index in [1.165, 1.54) is 6.07 Å². The third kappa shape index (κ3) is 2.85. The summed E-state index contributed by atoms with van der Waals surface area (Å²) in [5.41, 5.74) is 0.224. The maximum atomic E-state index is 11.5. The minimum atomic E-state index is -0.474. The maximum Gasteiger partial charge on any atom is 0.329 e. The van der Waals surface area contributed by atoms with Gasteiger partial charge in [-0.25, -0.2) is 4.79 Å².